The van der Waals surface area contributed by atoms with Crippen molar-refractivity contribution in [1.29, 1.82) is 0 Å². The molecule has 2 aliphatic rings. The molecule has 2 atom stereocenters. The lowest BCUT2D eigenvalue weighted by Gasteiger charge is -2.34. The first-order valence-corrected chi connectivity index (χ1v) is 8.42. The van der Waals surface area contributed by atoms with Crippen molar-refractivity contribution in [3.05, 3.63) is 23.9 Å². The molecule has 5 nitrogen and oxygen atoms in total. The molecular weight excluding hydrogens is 278 g/mol. The maximum atomic E-state index is 12.7. The zero-order valence-electron chi connectivity index (χ0n) is 13.5. The van der Waals surface area contributed by atoms with Gasteiger partial charge >= 0.3 is 0 Å². The molecular formula is C17H25N3O2. The van der Waals surface area contributed by atoms with E-state index in [-0.39, 0.29) is 17.8 Å². The Labute approximate surface area is 131 Å². The molecule has 120 valence electrons. The molecule has 1 aliphatic heterocycles. The zero-order valence-corrected chi connectivity index (χ0v) is 13.5. The van der Waals surface area contributed by atoms with Gasteiger partial charge < -0.3 is 9.42 Å². The van der Waals surface area contributed by atoms with Gasteiger partial charge in [-0.3, -0.25) is 4.79 Å². The van der Waals surface area contributed by atoms with Crippen molar-refractivity contribution in [2.75, 3.05) is 13.1 Å². The van der Waals surface area contributed by atoms with Crippen LogP contribution in [0.4, 0.5) is 0 Å². The number of amides is 1. The molecule has 1 aliphatic carbocycles. The SMILES string of the molecule is CC(C)c1nc([C@@H]2CCCN(C(=O)[C@H]3CC=CCC3)C2)no1. The second kappa shape index (κ2) is 6.63. The summed E-state index contributed by atoms with van der Waals surface area (Å²) in [7, 11) is 0. The number of hydrogen-bond donors (Lipinski definition) is 0. The topological polar surface area (TPSA) is 59.2 Å². The third kappa shape index (κ3) is 3.23. The number of hydrogen-bond acceptors (Lipinski definition) is 4. The van der Waals surface area contributed by atoms with Gasteiger partial charge in [-0.25, -0.2) is 0 Å². The van der Waals surface area contributed by atoms with Gasteiger partial charge in [-0.15, -0.1) is 0 Å². The van der Waals surface area contributed by atoms with Gasteiger partial charge in [-0.2, -0.15) is 4.98 Å². The summed E-state index contributed by atoms with van der Waals surface area (Å²) in [5, 5.41) is 4.13. The van der Waals surface area contributed by atoms with Gasteiger partial charge in [0.15, 0.2) is 5.82 Å². The minimum absolute atomic E-state index is 0.167. The maximum absolute atomic E-state index is 12.7. The Balaban J connectivity index is 1.65. The van der Waals surface area contributed by atoms with Gasteiger partial charge in [0.2, 0.25) is 11.8 Å². The van der Waals surface area contributed by atoms with Crippen molar-refractivity contribution in [2.24, 2.45) is 5.92 Å². The Kier molecular flexibility index (Phi) is 4.60. The third-order valence-corrected chi connectivity index (χ3v) is 4.67. The fourth-order valence-corrected chi connectivity index (χ4v) is 3.31. The summed E-state index contributed by atoms with van der Waals surface area (Å²) >= 11 is 0. The van der Waals surface area contributed by atoms with E-state index in [4.69, 9.17) is 4.52 Å². The fraction of sp³-hybridized carbons (Fsp3) is 0.706. The number of carbonyl (C=O) groups is 1. The van der Waals surface area contributed by atoms with Crippen molar-refractivity contribution in [1.82, 2.24) is 15.0 Å². The Morgan fingerprint density at radius 2 is 2.23 bits per heavy atom. The van der Waals surface area contributed by atoms with Gasteiger partial charge in [0.05, 0.1) is 0 Å². The molecule has 0 aromatic carbocycles. The van der Waals surface area contributed by atoms with Crippen molar-refractivity contribution in [3.8, 4) is 0 Å². The van der Waals surface area contributed by atoms with E-state index in [1.54, 1.807) is 0 Å². The second-order valence-electron chi connectivity index (χ2n) is 6.75. The molecule has 1 amide bonds. The van der Waals surface area contributed by atoms with Crippen molar-refractivity contribution >= 4 is 5.91 Å². The summed E-state index contributed by atoms with van der Waals surface area (Å²) in [4.78, 5) is 19.2. The van der Waals surface area contributed by atoms with E-state index in [9.17, 15) is 4.79 Å². The predicted molar refractivity (Wildman–Crippen MR) is 83.4 cm³/mol. The van der Waals surface area contributed by atoms with Crippen LogP contribution in [0.1, 0.15) is 69.5 Å². The number of allylic oxidation sites excluding steroid dienone is 2. The molecule has 5 heteroatoms. The predicted octanol–water partition coefficient (Wildman–Crippen LogP) is 3.26. The van der Waals surface area contributed by atoms with Crippen LogP contribution < -0.4 is 0 Å². The number of rotatable bonds is 3. The van der Waals surface area contributed by atoms with Gasteiger partial charge in [0.25, 0.3) is 0 Å². The number of piperidine rings is 1. The normalized spacial score (nSPS) is 25.7. The molecule has 1 saturated heterocycles. The summed E-state index contributed by atoms with van der Waals surface area (Å²) < 4.78 is 5.32. The van der Waals surface area contributed by atoms with Crippen LogP contribution >= 0.6 is 0 Å². The van der Waals surface area contributed by atoms with E-state index >= 15 is 0 Å². The minimum Gasteiger partial charge on any atom is -0.342 e. The molecule has 0 bridgehead atoms. The standard InChI is InChI=1S/C17H25N3O2/c1-12(2)16-18-15(19-22-16)14-9-6-10-20(11-14)17(21)13-7-4-3-5-8-13/h3-4,12-14H,5-11H2,1-2H3/t13-,14+/m0/s1. The van der Waals surface area contributed by atoms with Gasteiger partial charge in [0, 0.05) is 30.8 Å². The molecule has 0 spiro atoms. The number of nitrogens with zero attached hydrogens (tertiary/aromatic N) is 3. The molecule has 0 saturated carbocycles. The van der Waals surface area contributed by atoms with Crippen molar-refractivity contribution in [3.63, 3.8) is 0 Å². The van der Waals surface area contributed by atoms with Crippen LogP contribution in [0, 0.1) is 5.92 Å². The Morgan fingerprint density at radius 1 is 1.36 bits per heavy atom. The van der Waals surface area contributed by atoms with Crippen LogP contribution in [0.2, 0.25) is 0 Å². The molecule has 1 aromatic rings. The minimum atomic E-state index is 0.167. The monoisotopic (exact) mass is 303 g/mol. The van der Waals surface area contributed by atoms with E-state index in [1.165, 1.54) is 0 Å². The summed E-state index contributed by atoms with van der Waals surface area (Å²) in [5.74, 6) is 2.40. The van der Waals surface area contributed by atoms with E-state index in [0.717, 1.165) is 51.0 Å². The molecule has 1 fully saturated rings. The molecule has 3 rings (SSSR count). The van der Waals surface area contributed by atoms with E-state index in [0.29, 0.717) is 11.8 Å². The quantitative estimate of drug-likeness (QED) is 0.804. The summed E-state index contributed by atoms with van der Waals surface area (Å²) in [6, 6.07) is 0. The van der Waals surface area contributed by atoms with Gasteiger partial charge in [-0.05, 0) is 32.1 Å². The zero-order chi connectivity index (χ0) is 15.5. The highest BCUT2D eigenvalue weighted by Crippen LogP contribution is 2.29. The van der Waals surface area contributed by atoms with E-state index in [2.05, 4.69) is 22.3 Å². The van der Waals surface area contributed by atoms with Gasteiger partial charge in [0.1, 0.15) is 0 Å². The van der Waals surface area contributed by atoms with E-state index in [1.807, 2.05) is 18.7 Å². The van der Waals surface area contributed by atoms with Crippen molar-refractivity contribution < 1.29 is 9.32 Å². The Morgan fingerprint density at radius 3 is 2.91 bits per heavy atom. The molecule has 0 N–H and O–H groups in total. The van der Waals surface area contributed by atoms with Gasteiger partial charge in [-0.1, -0.05) is 31.2 Å². The summed E-state index contributed by atoms with van der Waals surface area (Å²) in [5.41, 5.74) is 0. The molecule has 22 heavy (non-hydrogen) atoms. The summed E-state index contributed by atoms with van der Waals surface area (Å²) in [6.07, 6.45) is 9.26. The first-order chi connectivity index (χ1) is 10.6. The lowest BCUT2D eigenvalue weighted by molar-refractivity contribution is -0.137. The first kappa shape index (κ1) is 15.3. The largest absolute Gasteiger partial charge is 0.342 e. The smallest absolute Gasteiger partial charge is 0.229 e. The highest BCUT2D eigenvalue weighted by atomic mass is 16.5. The first-order valence-electron chi connectivity index (χ1n) is 8.42. The molecule has 0 unspecified atom stereocenters. The lowest BCUT2D eigenvalue weighted by Crippen LogP contribution is -2.42. The summed E-state index contributed by atoms with van der Waals surface area (Å²) in [6.45, 7) is 5.69. The number of aromatic nitrogens is 2. The van der Waals surface area contributed by atoms with Crippen LogP contribution in [0.25, 0.3) is 0 Å². The average Bonchev–Trinajstić information content (AvgIpc) is 3.05. The Hall–Kier alpha value is -1.65. The molecule has 2 heterocycles. The van der Waals surface area contributed by atoms with Crippen LogP contribution in [-0.4, -0.2) is 34.0 Å². The van der Waals surface area contributed by atoms with E-state index < -0.39 is 0 Å². The fourth-order valence-electron chi connectivity index (χ4n) is 3.31. The second-order valence-corrected chi connectivity index (χ2v) is 6.75. The third-order valence-electron chi connectivity index (χ3n) is 4.67. The lowest BCUT2D eigenvalue weighted by atomic mass is 9.90. The Bertz CT molecular complexity index is 550. The van der Waals surface area contributed by atoms with Crippen LogP contribution in [-0.2, 0) is 4.79 Å². The molecule has 0 radical (unpaired) electrons. The number of carbonyl (C=O) groups excluding carboxylic acids is 1. The maximum Gasteiger partial charge on any atom is 0.229 e. The highest BCUT2D eigenvalue weighted by molar-refractivity contribution is 5.79. The van der Waals surface area contributed by atoms with Crippen LogP contribution in [0.3, 0.4) is 0 Å². The van der Waals surface area contributed by atoms with Crippen LogP contribution in [0.5, 0.6) is 0 Å². The highest BCUT2D eigenvalue weighted by Gasteiger charge is 2.31. The van der Waals surface area contributed by atoms with Crippen molar-refractivity contribution in [2.45, 2.75) is 57.8 Å². The number of likely N-dealkylation sites (tertiary alicyclic amines) is 1. The average molecular weight is 303 g/mol. The molecule has 1 aromatic heterocycles. The van der Waals surface area contributed by atoms with Crippen LogP contribution in [0.15, 0.2) is 16.7 Å².